The molecule has 200 valence electrons. The first-order valence-electron chi connectivity index (χ1n) is 13.2. The molecule has 0 radical (unpaired) electrons. The number of rotatable bonds is 17. The molecule has 0 spiro atoms. The predicted molar refractivity (Wildman–Crippen MR) is 141 cm³/mol. The summed E-state index contributed by atoms with van der Waals surface area (Å²) in [5.41, 5.74) is 7.79. The van der Waals surface area contributed by atoms with E-state index in [1.807, 2.05) is 44.3 Å². The third kappa shape index (κ3) is 10.4. The van der Waals surface area contributed by atoms with E-state index in [9.17, 15) is 14.4 Å². The Balaban J connectivity index is 1.93. The van der Waals surface area contributed by atoms with Crippen LogP contribution in [0.3, 0.4) is 0 Å². The van der Waals surface area contributed by atoms with Crippen molar-refractivity contribution in [1.82, 2.24) is 10.3 Å². The third-order valence-electron chi connectivity index (χ3n) is 6.14. The van der Waals surface area contributed by atoms with E-state index in [-0.39, 0.29) is 18.7 Å². The Morgan fingerprint density at radius 2 is 1.69 bits per heavy atom. The molecule has 4 N–H and O–H groups in total. The number of carbonyl (C=O) groups excluding carboxylic acids is 3. The van der Waals surface area contributed by atoms with Crippen LogP contribution in [-0.2, 0) is 30.3 Å². The van der Waals surface area contributed by atoms with Gasteiger partial charge in [0.15, 0.2) is 0 Å². The van der Waals surface area contributed by atoms with Crippen molar-refractivity contribution in [1.29, 1.82) is 0 Å². The van der Waals surface area contributed by atoms with Gasteiger partial charge in [0, 0.05) is 29.9 Å². The lowest BCUT2D eigenvalue weighted by molar-refractivity contribution is -0.148. The topological polar surface area (TPSA) is 124 Å². The number of nitrogens with one attached hydrogen (secondary N) is 2. The minimum absolute atomic E-state index is 0.00906. The average molecular weight is 502 g/mol. The second kappa shape index (κ2) is 16.0. The average Bonchev–Trinajstić information content (AvgIpc) is 3.26. The van der Waals surface area contributed by atoms with Crippen molar-refractivity contribution in [2.75, 3.05) is 13.2 Å². The summed E-state index contributed by atoms with van der Waals surface area (Å²) in [5.74, 6) is -0.905. The summed E-state index contributed by atoms with van der Waals surface area (Å²) in [6, 6.07) is 6.09. The fourth-order valence-corrected chi connectivity index (χ4v) is 3.87. The van der Waals surface area contributed by atoms with Crippen molar-refractivity contribution in [3.8, 4) is 0 Å². The Bertz CT molecular complexity index is 956. The van der Waals surface area contributed by atoms with Crippen molar-refractivity contribution >= 4 is 28.7 Å². The number of hydrogen-bond acceptors (Lipinski definition) is 6. The Labute approximate surface area is 214 Å². The highest BCUT2D eigenvalue weighted by Crippen LogP contribution is 2.19. The van der Waals surface area contributed by atoms with Crippen LogP contribution in [0.25, 0.3) is 10.9 Å². The first-order valence-corrected chi connectivity index (χ1v) is 13.2. The number of benzene rings is 1. The standard InChI is InChI=1S/C28H43N3O5/c1-4-5-6-7-10-16-35-28(34)25(18-21-19-30-24-12-9-8-11-22(21)24)31-26(32)14-13-23(29)27(33)36-17-15-20(2)3/h8-9,11-12,19-20,23,25,30H,4-7,10,13-18,29H2,1-3H3,(H,31,32)/t23-,25-/m1/s1. The van der Waals surface area contributed by atoms with Crippen LogP contribution in [0.2, 0.25) is 0 Å². The lowest BCUT2D eigenvalue weighted by Crippen LogP contribution is -2.44. The molecule has 0 aliphatic heterocycles. The highest BCUT2D eigenvalue weighted by atomic mass is 16.5. The van der Waals surface area contributed by atoms with Crippen LogP contribution in [0, 0.1) is 5.92 Å². The molecule has 1 amide bonds. The summed E-state index contributed by atoms with van der Waals surface area (Å²) in [5, 5.41) is 3.79. The van der Waals surface area contributed by atoms with Crippen LogP contribution < -0.4 is 11.1 Å². The van der Waals surface area contributed by atoms with E-state index in [4.69, 9.17) is 15.2 Å². The zero-order chi connectivity index (χ0) is 26.3. The first kappa shape index (κ1) is 29.4. The molecule has 0 fully saturated rings. The van der Waals surface area contributed by atoms with Gasteiger partial charge in [0.25, 0.3) is 0 Å². The summed E-state index contributed by atoms with van der Waals surface area (Å²) in [4.78, 5) is 40.9. The van der Waals surface area contributed by atoms with Gasteiger partial charge in [0.1, 0.15) is 12.1 Å². The van der Waals surface area contributed by atoms with Crippen LogP contribution in [0.5, 0.6) is 0 Å². The number of H-pyrrole nitrogens is 1. The normalized spacial score (nSPS) is 12.9. The molecule has 1 aromatic heterocycles. The van der Waals surface area contributed by atoms with Crippen LogP contribution >= 0.6 is 0 Å². The number of amides is 1. The van der Waals surface area contributed by atoms with Gasteiger partial charge in [-0.05, 0) is 36.8 Å². The number of carbonyl (C=O) groups is 3. The zero-order valence-electron chi connectivity index (χ0n) is 22.0. The molecular formula is C28H43N3O5. The number of ether oxygens (including phenoxy) is 2. The van der Waals surface area contributed by atoms with E-state index in [0.717, 1.165) is 48.6 Å². The van der Waals surface area contributed by atoms with Gasteiger partial charge in [-0.2, -0.15) is 0 Å². The number of fused-ring (bicyclic) bond motifs is 1. The van der Waals surface area contributed by atoms with E-state index >= 15 is 0 Å². The molecular weight excluding hydrogens is 458 g/mol. The van der Waals surface area contributed by atoms with Crippen molar-refractivity contribution in [3.63, 3.8) is 0 Å². The van der Waals surface area contributed by atoms with Gasteiger partial charge in [-0.3, -0.25) is 9.59 Å². The maximum atomic E-state index is 12.9. The largest absolute Gasteiger partial charge is 0.465 e. The van der Waals surface area contributed by atoms with Gasteiger partial charge in [0.05, 0.1) is 13.2 Å². The third-order valence-corrected chi connectivity index (χ3v) is 6.14. The molecule has 0 bridgehead atoms. The van der Waals surface area contributed by atoms with Crippen molar-refractivity contribution < 1.29 is 23.9 Å². The molecule has 0 unspecified atom stereocenters. The van der Waals surface area contributed by atoms with Gasteiger partial charge >= 0.3 is 11.9 Å². The highest BCUT2D eigenvalue weighted by Gasteiger charge is 2.25. The van der Waals surface area contributed by atoms with Gasteiger partial charge in [-0.25, -0.2) is 4.79 Å². The summed E-state index contributed by atoms with van der Waals surface area (Å²) in [7, 11) is 0. The molecule has 8 heteroatoms. The molecule has 8 nitrogen and oxygen atoms in total. The lowest BCUT2D eigenvalue weighted by Gasteiger charge is -2.18. The molecule has 0 saturated carbocycles. The highest BCUT2D eigenvalue weighted by molar-refractivity contribution is 5.87. The first-order chi connectivity index (χ1) is 17.3. The van der Waals surface area contributed by atoms with E-state index in [1.54, 1.807) is 0 Å². The zero-order valence-corrected chi connectivity index (χ0v) is 22.0. The maximum Gasteiger partial charge on any atom is 0.328 e. The van der Waals surface area contributed by atoms with Crippen molar-refractivity contribution in [2.45, 2.75) is 90.6 Å². The van der Waals surface area contributed by atoms with E-state index in [2.05, 4.69) is 17.2 Å². The van der Waals surface area contributed by atoms with E-state index < -0.39 is 24.0 Å². The smallest absolute Gasteiger partial charge is 0.328 e. The van der Waals surface area contributed by atoms with Crippen LogP contribution in [0.15, 0.2) is 30.5 Å². The summed E-state index contributed by atoms with van der Waals surface area (Å²) in [6.07, 6.45) is 8.29. The Hall–Kier alpha value is -2.87. The Morgan fingerprint density at radius 3 is 2.44 bits per heavy atom. The number of para-hydroxylation sites is 1. The van der Waals surface area contributed by atoms with Gasteiger partial charge in [-0.15, -0.1) is 0 Å². The molecule has 0 saturated heterocycles. The van der Waals surface area contributed by atoms with Gasteiger partial charge in [-0.1, -0.05) is 64.7 Å². The molecule has 2 rings (SSSR count). The summed E-state index contributed by atoms with van der Waals surface area (Å²) >= 11 is 0. The van der Waals surface area contributed by atoms with Crippen molar-refractivity contribution in [3.05, 3.63) is 36.0 Å². The summed E-state index contributed by atoms with van der Waals surface area (Å²) in [6.45, 7) is 6.88. The monoisotopic (exact) mass is 501 g/mol. The molecule has 2 aromatic rings. The van der Waals surface area contributed by atoms with Crippen LogP contribution in [0.1, 0.15) is 77.7 Å². The Morgan fingerprint density at radius 1 is 0.972 bits per heavy atom. The van der Waals surface area contributed by atoms with Crippen LogP contribution in [0.4, 0.5) is 0 Å². The molecule has 36 heavy (non-hydrogen) atoms. The van der Waals surface area contributed by atoms with Crippen LogP contribution in [-0.4, -0.2) is 48.1 Å². The minimum Gasteiger partial charge on any atom is -0.465 e. The number of nitrogens with two attached hydrogens (primary N) is 1. The minimum atomic E-state index is -0.884. The second-order valence-corrected chi connectivity index (χ2v) is 9.76. The molecule has 0 aliphatic rings. The van der Waals surface area contributed by atoms with Crippen molar-refractivity contribution in [2.24, 2.45) is 11.7 Å². The molecule has 2 atom stereocenters. The number of aromatic amines is 1. The molecule has 1 heterocycles. The van der Waals surface area contributed by atoms with E-state index in [0.29, 0.717) is 25.6 Å². The second-order valence-electron chi connectivity index (χ2n) is 9.76. The fraction of sp³-hybridized carbons (Fsp3) is 0.607. The van der Waals surface area contributed by atoms with Gasteiger partial charge in [0.2, 0.25) is 5.91 Å². The van der Waals surface area contributed by atoms with E-state index in [1.165, 1.54) is 6.42 Å². The number of esters is 2. The predicted octanol–water partition coefficient (Wildman–Crippen LogP) is 4.41. The quantitative estimate of drug-likeness (QED) is 0.218. The van der Waals surface area contributed by atoms with Gasteiger partial charge < -0.3 is 25.5 Å². The number of aromatic nitrogens is 1. The SMILES string of the molecule is CCCCCCCOC(=O)[C@@H](Cc1c[nH]c2ccccc12)NC(=O)CC[C@@H](N)C(=O)OCCC(C)C. The number of unbranched alkanes of at least 4 members (excludes halogenated alkanes) is 4. The maximum absolute atomic E-state index is 12.9. The Kier molecular flexibility index (Phi) is 13.0. The summed E-state index contributed by atoms with van der Waals surface area (Å²) < 4.78 is 10.7. The fourth-order valence-electron chi connectivity index (χ4n) is 3.87. The molecule has 0 aliphatic carbocycles. The lowest BCUT2D eigenvalue weighted by atomic mass is 10.0. The molecule has 1 aromatic carbocycles. The number of hydrogen-bond donors (Lipinski definition) is 3.